The first kappa shape index (κ1) is 9.64. The summed E-state index contributed by atoms with van der Waals surface area (Å²) < 4.78 is 0. The molecule has 0 amide bonds. The number of carboxylic acids is 1. The molecule has 0 radical (unpaired) electrons. The number of hydrogen-bond acceptors (Lipinski definition) is 1. The molecule has 0 bridgehead atoms. The predicted molar refractivity (Wildman–Crippen MR) is 61.3 cm³/mol. The minimum atomic E-state index is -0.660. The van der Waals surface area contributed by atoms with Gasteiger partial charge in [0.2, 0.25) is 0 Å². The van der Waals surface area contributed by atoms with Gasteiger partial charge in [-0.05, 0) is 36.3 Å². The Morgan fingerprint density at radius 1 is 1.31 bits per heavy atom. The Morgan fingerprint density at radius 2 is 2.12 bits per heavy atom. The van der Waals surface area contributed by atoms with Crippen molar-refractivity contribution in [2.45, 2.75) is 24.7 Å². The molecule has 1 aromatic rings. The van der Waals surface area contributed by atoms with Crippen LogP contribution in [0.2, 0.25) is 0 Å². The van der Waals surface area contributed by atoms with Gasteiger partial charge in [-0.3, -0.25) is 4.79 Å². The normalized spacial score (nSPS) is 30.9. The maximum absolute atomic E-state index is 11.7. The van der Waals surface area contributed by atoms with Crippen LogP contribution in [0, 0.1) is 5.92 Å². The molecule has 82 valence electrons. The minimum Gasteiger partial charge on any atom is -0.481 e. The zero-order valence-corrected chi connectivity index (χ0v) is 9.02. The summed E-state index contributed by atoms with van der Waals surface area (Å²) in [5.41, 5.74) is 1.61. The Hall–Kier alpha value is -1.57. The molecule has 0 saturated carbocycles. The lowest BCUT2D eigenvalue weighted by Gasteiger charge is -2.33. The average Bonchev–Trinajstić information content (AvgIpc) is 2.64. The van der Waals surface area contributed by atoms with Gasteiger partial charge in [0.15, 0.2) is 0 Å². The first-order valence-electron chi connectivity index (χ1n) is 5.72. The highest BCUT2D eigenvalue weighted by molar-refractivity contribution is 5.84. The van der Waals surface area contributed by atoms with E-state index in [2.05, 4.69) is 12.1 Å². The van der Waals surface area contributed by atoms with Crippen molar-refractivity contribution in [1.29, 1.82) is 0 Å². The number of benzene rings is 1. The molecule has 0 saturated heterocycles. The van der Waals surface area contributed by atoms with Gasteiger partial charge in [0, 0.05) is 0 Å². The van der Waals surface area contributed by atoms with Crippen molar-refractivity contribution >= 4 is 5.97 Å². The molecule has 0 heterocycles. The molecule has 2 nitrogen and oxygen atoms in total. The van der Waals surface area contributed by atoms with Gasteiger partial charge in [0.25, 0.3) is 0 Å². The number of fused-ring (bicyclic) bond motifs is 3. The van der Waals surface area contributed by atoms with E-state index < -0.39 is 11.4 Å². The first-order valence-corrected chi connectivity index (χ1v) is 5.72. The topological polar surface area (TPSA) is 37.3 Å². The molecular weight excluding hydrogens is 200 g/mol. The molecule has 1 aromatic carbocycles. The van der Waals surface area contributed by atoms with Crippen LogP contribution in [-0.2, 0) is 16.6 Å². The first-order chi connectivity index (χ1) is 7.75. The smallest absolute Gasteiger partial charge is 0.314 e. The van der Waals surface area contributed by atoms with E-state index in [1.54, 1.807) is 0 Å². The number of rotatable bonds is 1. The lowest BCUT2D eigenvalue weighted by Crippen LogP contribution is -2.41. The van der Waals surface area contributed by atoms with E-state index >= 15 is 0 Å². The lowest BCUT2D eigenvalue weighted by molar-refractivity contribution is -0.145. The molecular formula is C14H14O2. The number of allylic oxidation sites excluding steroid dienone is 2. The van der Waals surface area contributed by atoms with Crippen LogP contribution in [0.25, 0.3) is 0 Å². The van der Waals surface area contributed by atoms with E-state index in [0.717, 1.165) is 18.4 Å². The van der Waals surface area contributed by atoms with Gasteiger partial charge < -0.3 is 5.11 Å². The third-order valence-corrected chi connectivity index (χ3v) is 4.07. The second-order valence-corrected chi connectivity index (χ2v) is 4.75. The molecule has 2 aliphatic carbocycles. The van der Waals surface area contributed by atoms with E-state index in [1.165, 1.54) is 5.56 Å². The van der Waals surface area contributed by atoms with Crippen molar-refractivity contribution in [2.75, 3.05) is 0 Å². The lowest BCUT2D eigenvalue weighted by atomic mass is 9.68. The molecule has 0 fully saturated rings. The molecule has 2 aliphatic rings. The van der Waals surface area contributed by atoms with Gasteiger partial charge in [0.1, 0.15) is 0 Å². The summed E-state index contributed by atoms with van der Waals surface area (Å²) in [6.45, 7) is 0. The largest absolute Gasteiger partial charge is 0.481 e. The molecule has 16 heavy (non-hydrogen) atoms. The third kappa shape index (κ3) is 1.04. The third-order valence-electron chi connectivity index (χ3n) is 4.07. The van der Waals surface area contributed by atoms with Crippen LogP contribution < -0.4 is 0 Å². The molecule has 1 N–H and O–H groups in total. The number of carbonyl (C=O) groups is 1. The second kappa shape index (κ2) is 3.21. The number of hydrogen-bond donors (Lipinski definition) is 1. The van der Waals surface area contributed by atoms with Crippen LogP contribution in [0.1, 0.15) is 24.0 Å². The fraction of sp³-hybridized carbons (Fsp3) is 0.357. The van der Waals surface area contributed by atoms with Crippen molar-refractivity contribution in [3.63, 3.8) is 0 Å². The van der Waals surface area contributed by atoms with E-state index in [1.807, 2.05) is 24.3 Å². The second-order valence-electron chi connectivity index (χ2n) is 4.75. The van der Waals surface area contributed by atoms with Crippen LogP contribution in [0.5, 0.6) is 0 Å². The summed E-state index contributed by atoms with van der Waals surface area (Å²) in [6.07, 6.45) is 6.59. The average molecular weight is 214 g/mol. The molecule has 3 rings (SSSR count). The molecule has 0 aromatic heterocycles. The van der Waals surface area contributed by atoms with Crippen LogP contribution >= 0.6 is 0 Å². The maximum atomic E-state index is 11.7. The van der Waals surface area contributed by atoms with Crippen molar-refractivity contribution in [1.82, 2.24) is 0 Å². The molecule has 0 spiro atoms. The van der Waals surface area contributed by atoms with E-state index in [0.29, 0.717) is 6.42 Å². The maximum Gasteiger partial charge on any atom is 0.314 e. The van der Waals surface area contributed by atoms with Gasteiger partial charge in [0.05, 0.1) is 5.41 Å². The van der Waals surface area contributed by atoms with Crippen LogP contribution in [0.15, 0.2) is 36.4 Å². The highest BCUT2D eigenvalue weighted by Gasteiger charge is 2.52. The highest BCUT2D eigenvalue weighted by atomic mass is 16.4. The van der Waals surface area contributed by atoms with Gasteiger partial charge in [-0.1, -0.05) is 36.4 Å². The standard InChI is InChI=1S/C14H14O2/c15-13(16)14-8-4-3-6-11(14)9-10-5-1-2-7-12(10)14/h1-5,7,11H,6,8-9H2,(H,15,16). The van der Waals surface area contributed by atoms with E-state index in [-0.39, 0.29) is 5.92 Å². The summed E-state index contributed by atoms with van der Waals surface area (Å²) in [4.78, 5) is 11.7. The minimum absolute atomic E-state index is 0.243. The summed E-state index contributed by atoms with van der Waals surface area (Å²) in [5, 5.41) is 9.61. The summed E-state index contributed by atoms with van der Waals surface area (Å²) >= 11 is 0. The van der Waals surface area contributed by atoms with Crippen molar-refractivity contribution < 1.29 is 9.90 Å². The van der Waals surface area contributed by atoms with Crippen molar-refractivity contribution in [3.05, 3.63) is 47.5 Å². The summed E-state index contributed by atoms with van der Waals surface area (Å²) in [5.74, 6) is -0.417. The summed E-state index contributed by atoms with van der Waals surface area (Å²) in [6, 6.07) is 8.00. The quantitative estimate of drug-likeness (QED) is 0.729. The Balaban J connectivity index is 2.21. The fourth-order valence-corrected chi connectivity index (χ4v) is 3.26. The summed E-state index contributed by atoms with van der Waals surface area (Å²) in [7, 11) is 0. The van der Waals surface area contributed by atoms with Gasteiger partial charge in [-0.25, -0.2) is 0 Å². The number of aliphatic carboxylic acids is 1. The van der Waals surface area contributed by atoms with Crippen LogP contribution in [0.3, 0.4) is 0 Å². The highest BCUT2D eigenvalue weighted by Crippen LogP contribution is 2.49. The van der Waals surface area contributed by atoms with Crippen molar-refractivity contribution in [3.8, 4) is 0 Å². The van der Waals surface area contributed by atoms with Crippen LogP contribution in [0.4, 0.5) is 0 Å². The van der Waals surface area contributed by atoms with E-state index in [4.69, 9.17) is 0 Å². The molecule has 2 unspecified atom stereocenters. The zero-order valence-electron chi connectivity index (χ0n) is 9.02. The molecule has 2 atom stereocenters. The predicted octanol–water partition coefficient (Wildman–Crippen LogP) is 2.53. The van der Waals surface area contributed by atoms with Gasteiger partial charge >= 0.3 is 5.97 Å². The van der Waals surface area contributed by atoms with E-state index in [9.17, 15) is 9.90 Å². The Bertz CT molecular complexity index is 475. The van der Waals surface area contributed by atoms with Gasteiger partial charge in [-0.2, -0.15) is 0 Å². The zero-order chi connectivity index (χ0) is 11.2. The number of carboxylic acid groups (broad SMARTS) is 1. The SMILES string of the molecule is O=C(O)C12CC=CCC1Cc1ccccc12. The monoisotopic (exact) mass is 214 g/mol. The Kier molecular flexibility index (Phi) is 1.93. The Labute approximate surface area is 94.6 Å². The van der Waals surface area contributed by atoms with Crippen molar-refractivity contribution in [2.24, 2.45) is 5.92 Å². The van der Waals surface area contributed by atoms with Gasteiger partial charge in [-0.15, -0.1) is 0 Å². The Morgan fingerprint density at radius 3 is 2.94 bits per heavy atom. The molecule has 2 heteroatoms. The molecule has 0 aliphatic heterocycles. The fourth-order valence-electron chi connectivity index (χ4n) is 3.26. The van der Waals surface area contributed by atoms with Crippen LogP contribution in [-0.4, -0.2) is 11.1 Å².